The number of hydrogen-bond donors (Lipinski definition) is 2. The molecule has 1 aromatic carbocycles. The predicted molar refractivity (Wildman–Crippen MR) is 74.2 cm³/mol. The highest BCUT2D eigenvalue weighted by Gasteiger charge is 2.14. The van der Waals surface area contributed by atoms with E-state index in [4.69, 9.17) is 15.2 Å². The molecule has 1 atom stereocenters. The van der Waals surface area contributed by atoms with E-state index in [1.165, 1.54) is 0 Å². The van der Waals surface area contributed by atoms with Gasteiger partial charge in [0.2, 0.25) is 5.91 Å². The Kier molecular flexibility index (Phi) is 6.15. The normalized spacial score (nSPS) is 11.9. The van der Waals surface area contributed by atoms with Gasteiger partial charge in [0.1, 0.15) is 0 Å². The van der Waals surface area contributed by atoms with E-state index in [9.17, 15) is 4.79 Å². The summed E-state index contributed by atoms with van der Waals surface area (Å²) in [5.74, 6) is 0.653. The Morgan fingerprint density at radius 1 is 1.42 bits per heavy atom. The number of rotatable bonds is 8. The molecule has 0 spiro atoms. The maximum absolute atomic E-state index is 11.0. The molecule has 1 unspecified atom stereocenters. The Balaban J connectivity index is 2.89. The summed E-state index contributed by atoms with van der Waals surface area (Å²) >= 11 is 0. The highest BCUT2D eigenvalue weighted by Crippen LogP contribution is 2.31. The van der Waals surface area contributed by atoms with Gasteiger partial charge in [-0.05, 0) is 20.0 Å². The van der Waals surface area contributed by atoms with Gasteiger partial charge in [-0.15, -0.1) is 0 Å². The van der Waals surface area contributed by atoms with Crippen LogP contribution in [0, 0.1) is 5.92 Å². The van der Waals surface area contributed by atoms with E-state index in [0.29, 0.717) is 24.7 Å². The van der Waals surface area contributed by atoms with Crippen LogP contribution in [-0.4, -0.2) is 26.2 Å². The second-order valence-corrected chi connectivity index (χ2v) is 4.32. The van der Waals surface area contributed by atoms with Gasteiger partial charge in [-0.25, -0.2) is 0 Å². The monoisotopic (exact) mass is 266 g/mol. The molecule has 19 heavy (non-hydrogen) atoms. The van der Waals surface area contributed by atoms with Crippen molar-refractivity contribution in [2.75, 3.05) is 20.3 Å². The number of nitrogens with one attached hydrogen (secondary N) is 1. The average molecular weight is 266 g/mol. The van der Waals surface area contributed by atoms with Gasteiger partial charge in [-0.1, -0.05) is 19.1 Å². The summed E-state index contributed by atoms with van der Waals surface area (Å²) in [4.78, 5) is 11.0. The number of hydrogen-bond acceptors (Lipinski definition) is 4. The zero-order valence-electron chi connectivity index (χ0n) is 11.7. The largest absolute Gasteiger partial charge is 0.490 e. The van der Waals surface area contributed by atoms with E-state index in [2.05, 4.69) is 5.32 Å². The molecule has 0 saturated carbocycles. The summed E-state index contributed by atoms with van der Waals surface area (Å²) in [5.41, 5.74) is 6.22. The number of nitrogens with two attached hydrogens (primary N) is 1. The van der Waals surface area contributed by atoms with Crippen molar-refractivity contribution in [1.29, 1.82) is 0 Å². The fourth-order valence-corrected chi connectivity index (χ4v) is 1.61. The second kappa shape index (κ2) is 7.63. The molecule has 0 bridgehead atoms. The van der Waals surface area contributed by atoms with Crippen LogP contribution >= 0.6 is 0 Å². The standard InChI is InChI=1S/C14H22N2O3/c1-4-18-12-7-5-6-11(8-16-3)13(12)19-9-10(2)14(15)17/h5-7,10,16H,4,8-9H2,1-3H3,(H2,15,17). The number of primary amides is 1. The van der Waals surface area contributed by atoms with Crippen molar-refractivity contribution in [2.24, 2.45) is 11.7 Å². The minimum atomic E-state index is -0.371. The average Bonchev–Trinajstić information content (AvgIpc) is 2.38. The minimum Gasteiger partial charge on any atom is -0.490 e. The van der Waals surface area contributed by atoms with Crippen LogP contribution in [0.25, 0.3) is 0 Å². The molecule has 0 aliphatic carbocycles. The summed E-state index contributed by atoms with van der Waals surface area (Å²) in [6.07, 6.45) is 0. The summed E-state index contributed by atoms with van der Waals surface area (Å²) in [7, 11) is 1.86. The molecular formula is C14H22N2O3. The SMILES string of the molecule is CCOc1cccc(CNC)c1OCC(C)C(N)=O. The summed E-state index contributed by atoms with van der Waals surface area (Å²) < 4.78 is 11.3. The van der Waals surface area contributed by atoms with Crippen molar-refractivity contribution in [2.45, 2.75) is 20.4 Å². The number of carbonyl (C=O) groups is 1. The van der Waals surface area contributed by atoms with Gasteiger partial charge in [-0.2, -0.15) is 0 Å². The molecule has 106 valence electrons. The van der Waals surface area contributed by atoms with Crippen molar-refractivity contribution in [3.05, 3.63) is 23.8 Å². The zero-order chi connectivity index (χ0) is 14.3. The summed E-state index contributed by atoms with van der Waals surface area (Å²) in [6.45, 7) is 5.13. The van der Waals surface area contributed by atoms with Crippen LogP contribution in [-0.2, 0) is 11.3 Å². The second-order valence-electron chi connectivity index (χ2n) is 4.32. The molecule has 3 N–H and O–H groups in total. The summed E-state index contributed by atoms with van der Waals surface area (Å²) in [5, 5.41) is 3.08. The van der Waals surface area contributed by atoms with Crippen molar-refractivity contribution in [3.63, 3.8) is 0 Å². The Morgan fingerprint density at radius 2 is 2.16 bits per heavy atom. The van der Waals surface area contributed by atoms with Gasteiger partial charge in [-0.3, -0.25) is 4.79 Å². The van der Waals surface area contributed by atoms with Gasteiger partial charge in [0.05, 0.1) is 19.1 Å². The first-order valence-electron chi connectivity index (χ1n) is 6.41. The third-order valence-corrected chi connectivity index (χ3v) is 2.69. The van der Waals surface area contributed by atoms with Crippen LogP contribution in [0.2, 0.25) is 0 Å². The maximum atomic E-state index is 11.0. The molecule has 0 fully saturated rings. The highest BCUT2D eigenvalue weighted by atomic mass is 16.5. The van der Waals surface area contributed by atoms with Gasteiger partial charge in [0.15, 0.2) is 11.5 Å². The Hall–Kier alpha value is -1.75. The highest BCUT2D eigenvalue weighted by molar-refractivity contribution is 5.76. The van der Waals surface area contributed by atoms with E-state index < -0.39 is 0 Å². The van der Waals surface area contributed by atoms with Crippen LogP contribution < -0.4 is 20.5 Å². The van der Waals surface area contributed by atoms with Crippen LogP contribution in [0.3, 0.4) is 0 Å². The zero-order valence-corrected chi connectivity index (χ0v) is 11.7. The van der Waals surface area contributed by atoms with Gasteiger partial charge < -0.3 is 20.5 Å². The van der Waals surface area contributed by atoms with Crippen LogP contribution in [0.5, 0.6) is 11.5 Å². The lowest BCUT2D eigenvalue weighted by atomic mass is 10.1. The van der Waals surface area contributed by atoms with E-state index >= 15 is 0 Å². The lowest BCUT2D eigenvalue weighted by Crippen LogP contribution is -2.26. The lowest BCUT2D eigenvalue weighted by molar-refractivity contribution is -0.122. The first kappa shape index (κ1) is 15.3. The molecule has 0 radical (unpaired) electrons. The van der Waals surface area contributed by atoms with Crippen LogP contribution in [0.1, 0.15) is 19.4 Å². The molecule has 5 heteroatoms. The molecule has 1 aromatic rings. The Bertz CT molecular complexity index is 397. The first-order valence-corrected chi connectivity index (χ1v) is 6.41. The fourth-order valence-electron chi connectivity index (χ4n) is 1.61. The third-order valence-electron chi connectivity index (χ3n) is 2.69. The molecule has 1 rings (SSSR count). The van der Waals surface area contributed by atoms with Gasteiger partial charge in [0.25, 0.3) is 0 Å². The van der Waals surface area contributed by atoms with E-state index in [-0.39, 0.29) is 18.4 Å². The predicted octanol–water partition coefficient (Wildman–Crippen LogP) is 1.30. The van der Waals surface area contributed by atoms with E-state index in [1.54, 1.807) is 6.92 Å². The van der Waals surface area contributed by atoms with E-state index in [0.717, 1.165) is 5.56 Å². The number of ether oxygens (including phenoxy) is 2. The Labute approximate surface area is 114 Å². The van der Waals surface area contributed by atoms with Crippen LogP contribution in [0.4, 0.5) is 0 Å². The molecular weight excluding hydrogens is 244 g/mol. The first-order chi connectivity index (χ1) is 9.10. The number of benzene rings is 1. The number of amides is 1. The van der Waals surface area contributed by atoms with Crippen molar-refractivity contribution in [1.82, 2.24) is 5.32 Å². The molecule has 5 nitrogen and oxygen atoms in total. The molecule has 0 aromatic heterocycles. The van der Waals surface area contributed by atoms with Gasteiger partial charge in [0, 0.05) is 12.1 Å². The molecule has 0 saturated heterocycles. The topological polar surface area (TPSA) is 73.6 Å². The van der Waals surface area contributed by atoms with E-state index in [1.807, 2.05) is 32.2 Å². The quantitative estimate of drug-likeness (QED) is 0.744. The van der Waals surface area contributed by atoms with Gasteiger partial charge >= 0.3 is 0 Å². The van der Waals surface area contributed by atoms with Crippen LogP contribution in [0.15, 0.2) is 18.2 Å². The molecule has 0 aliphatic heterocycles. The fraction of sp³-hybridized carbons (Fsp3) is 0.500. The van der Waals surface area contributed by atoms with Crippen molar-refractivity contribution in [3.8, 4) is 11.5 Å². The summed E-state index contributed by atoms with van der Waals surface area (Å²) in [6, 6.07) is 5.73. The minimum absolute atomic E-state index is 0.246. The van der Waals surface area contributed by atoms with Crippen molar-refractivity contribution >= 4 is 5.91 Å². The molecule has 0 heterocycles. The Morgan fingerprint density at radius 3 is 2.74 bits per heavy atom. The number of carbonyl (C=O) groups excluding carboxylic acids is 1. The molecule has 1 amide bonds. The molecule has 0 aliphatic rings. The number of para-hydroxylation sites is 1. The lowest BCUT2D eigenvalue weighted by Gasteiger charge is -2.17. The van der Waals surface area contributed by atoms with Crippen molar-refractivity contribution < 1.29 is 14.3 Å². The smallest absolute Gasteiger partial charge is 0.223 e. The third kappa shape index (κ3) is 4.44. The maximum Gasteiger partial charge on any atom is 0.223 e.